The zero-order valence-corrected chi connectivity index (χ0v) is 15.3. The first kappa shape index (κ1) is 18.8. The number of hydrogen-bond donors (Lipinski definition) is 2. The summed E-state index contributed by atoms with van der Waals surface area (Å²) < 4.78 is 27.7. The maximum Gasteiger partial charge on any atom is 0.339 e. The summed E-state index contributed by atoms with van der Waals surface area (Å²) in [6, 6.07) is 7.67. The summed E-state index contributed by atoms with van der Waals surface area (Å²) in [7, 11) is -1.81. The van der Waals surface area contributed by atoms with E-state index in [0.717, 1.165) is 0 Å². The molecule has 3 rings (SSSR count). The van der Waals surface area contributed by atoms with Crippen LogP contribution in [0.5, 0.6) is 0 Å². The van der Waals surface area contributed by atoms with Crippen LogP contribution in [0.25, 0.3) is 0 Å². The molecule has 142 valence electrons. The van der Waals surface area contributed by atoms with Crippen molar-refractivity contribution in [3.63, 3.8) is 0 Å². The molecule has 2 N–H and O–H groups in total. The second kappa shape index (κ2) is 7.70. The Morgan fingerprint density at radius 1 is 1.22 bits per heavy atom. The van der Waals surface area contributed by atoms with Crippen LogP contribution < -0.4 is 10.6 Å². The summed E-state index contributed by atoms with van der Waals surface area (Å²) in [4.78, 5) is 32.4. The highest BCUT2D eigenvalue weighted by molar-refractivity contribution is 7.91. The van der Waals surface area contributed by atoms with E-state index in [1.165, 1.54) is 19.4 Å². The van der Waals surface area contributed by atoms with E-state index in [4.69, 9.17) is 4.74 Å². The van der Waals surface area contributed by atoms with Crippen molar-refractivity contribution in [2.24, 2.45) is 0 Å². The topological polar surface area (TPSA) is 127 Å². The quantitative estimate of drug-likeness (QED) is 0.722. The standard InChI is InChI=1S/C17H18N4O5S/c1-26-16(23)12-4-2-3-5-13(12)20-17-18-8-6-14(21-17)15(22)19-11-7-9-27(24,25)10-11/h2-6,8,11H,7,9-10H2,1H3,(H,19,22)(H,18,20,21). The van der Waals surface area contributed by atoms with E-state index in [1.807, 2.05) is 0 Å². The predicted molar refractivity (Wildman–Crippen MR) is 97.6 cm³/mol. The highest BCUT2D eigenvalue weighted by Gasteiger charge is 2.29. The molecule has 10 heteroatoms. The van der Waals surface area contributed by atoms with Crippen molar-refractivity contribution in [3.8, 4) is 0 Å². The minimum Gasteiger partial charge on any atom is -0.465 e. The van der Waals surface area contributed by atoms with Crippen molar-refractivity contribution in [3.05, 3.63) is 47.8 Å². The number of esters is 1. The third kappa shape index (κ3) is 4.59. The molecule has 1 aromatic heterocycles. The highest BCUT2D eigenvalue weighted by atomic mass is 32.2. The fourth-order valence-corrected chi connectivity index (χ4v) is 4.39. The van der Waals surface area contributed by atoms with Crippen LogP contribution in [-0.4, -0.2) is 54.9 Å². The van der Waals surface area contributed by atoms with E-state index in [9.17, 15) is 18.0 Å². The Kier molecular flexibility index (Phi) is 5.36. The summed E-state index contributed by atoms with van der Waals surface area (Å²) in [5, 5.41) is 5.56. The number of carbonyl (C=O) groups is 2. The lowest BCUT2D eigenvalue weighted by Gasteiger charge is -2.12. The van der Waals surface area contributed by atoms with Gasteiger partial charge in [-0.1, -0.05) is 12.1 Å². The molecule has 0 spiro atoms. The van der Waals surface area contributed by atoms with Gasteiger partial charge in [0.2, 0.25) is 5.95 Å². The van der Waals surface area contributed by atoms with E-state index in [0.29, 0.717) is 17.7 Å². The van der Waals surface area contributed by atoms with Crippen LogP contribution >= 0.6 is 0 Å². The zero-order valence-electron chi connectivity index (χ0n) is 14.5. The smallest absolute Gasteiger partial charge is 0.339 e. The van der Waals surface area contributed by atoms with Gasteiger partial charge in [-0.3, -0.25) is 4.79 Å². The molecule has 9 nitrogen and oxygen atoms in total. The number of nitrogens with zero attached hydrogens (tertiary/aromatic N) is 2. The Balaban J connectivity index is 1.75. The minimum atomic E-state index is -3.09. The lowest BCUT2D eigenvalue weighted by Crippen LogP contribution is -2.36. The molecule has 2 aromatic rings. The maximum absolute atomic E-state index is 12.3. The van der Waals surface area contributed by atoms with Crippen molar-refractivity contribution < 1.29 is 22.7 Å². The summed E-state index contributed by atoms with van der Waals surface area (Å²) in [6.45, 7) is 0. The van der Waals surface area contributed by atoms with E-state index >= 15 is 0 Å². The second-order valence-corrected chi connectivity index (χ2v) is 8.23. The molecule has 27 heavy (non-hydrogen) atoms. The molecule has 1 fully saturated rings. The van der Waals surface area contributed by atoms with Crippen LogP contribution in [0, 0.1) is 0 Å². The number of ether oxygens (including phenoxy) is 1. The lowest BCUT2D eigenvalue weighted by molar-refractivity contribution is 0.0601. The normalized spacial score (nSPS) is 17.9. The fraction of sp³-hybridized carbons (Fsp3) is 0.294. The summed E-state index contributed by atoms with van der Waals surface area (Å²) >= 11 is 0. The van der Waals surface area contributed by atoms with Crippen molar-refractivity contribution in [1.82, 2.24) is 15.3 Å². The number of nitrogens with one attached hydrogen (secondary N) is 2. The van der Waals surface area contributed by atoms with E-state index in [2.05, 4.69) is 20.6 Å². The average Bonchev–Trinajstić information content (AvgIpc) is 3.00. The van der Waals surface area contributed by atoms with E-state index in [1.54, 1.807) is 24.3 Å². The Bertz CT molecular complexity index is 977. The minimum absolute atomic E-state index is 0.0680. The molecular weight excluding hydrogens is 372 g/mol. The molecule has 1 aliphatic heterocycles. The van der Waals surface area contributed by atoms with E-state index in [-0.39, 0.29) is 23.1 Å². The van der Waals surface area contributed by atoms with Crippen molar-refractivity contribution in [2.45, 2.75) is 12.5 Å². The molecule has 1 unspecified atom stereocenters. The number of aromatic nitrogens is 2. The van der Waals surface area contributed by atoms with E-state index < -0.39 is 27.8 Å². The van der Waals surface area contributed by atoms with Crippen molar-refractivity contribution >= 4 is 33.3 Å². The molecule has 1 aliphatic rings. The van der Waals surface area contributed by atoms with Gasteiger partial charge in [-0.25, -0.2) is 23.2 Å². The van der Waals surface area contributed by atoms with Crippen LogP contribution in [0.15, 0.2) is 36.5 Å². The maximum atomic E-state index is 12.3. The molecule has 1 amide bonds. The largest absolute Gasteiger partial charge is 0.465 e. The second-order valence-electron chi connectivity index (χ2n) is 6.00. The van der Waals surface area contributed by atoms with Crippen LogP contribution in [-0.2, 0) is 14.6 Å². The van der Waals surface area contributed by atoms with Crippen LogP contribution in [0.1, 0.15) is 27.3 Å². The predicted octanol–water partition coefficient (Wildman–Crippen LogP) is 0.924. The number of carbonyl (C=O) groups excluding carboxylic acids is 2. The number of para-hydroxylation sites is 1. The fourth-order valence-electron chi connectivity index (χ4n) is 2.71. The molecule has 0 bridgehead atoms. The number of rotatable bonds is 5. The Hall–Kier alpha value is -3.01. The molecule has 1 saturated heterocycles. The molecule has 1 atom stereocenters. The first-order valence-electron chi connectivity index (χ1n) is 8.16. The number of methoxy groups -OCH3 is 1. The summed E-state index contributed by atoms with van der Waals surface area (Å²) in [6.07, 6.45) is 1.78. The van der Waals surface area contributed by atoms with Gasteiger partial charge >= 0.3 is 5.97 Å². The Morgan fingerprint density at radius 3 is 2.70 bits per heavy atom. The SMILES string of the molecule is COC(=O)c1ccccc1Nc1nccc(C(=O)NC2CCS(=O)(=O)C2)n1. The van der Waals surface area contributed by atoms with Gasteiger partial charge < -0.3 is 15.4 Å². The van der Waals surface area contributed by atoms with Gasteiger partial charge in [0.15, 0.2) is 9.84 Å². The van der Waals surface area contributed by atoms with Gasteiger partial charge in [-0.05, 0) is 24.6 Å². The Labute approximate surface area is 156 Å². The van der Waals surface area contributed by atoms with Gasteiger partial charge in [0.1, 0.15) is 5.69 Å². The molecule has 1 aromatic carbocycles. The van der Waals surface area contributed by atoms with Crippen LogP contribution in [0.2, 0.25) is 0 Å². The van der Waals surface area contributed by atoms with Crippen LogP contribution in [0.3, 0.4) is 0 Å². The van der Waals surface area contributed by atoms with Gasteiger partial charge in [-0.2, -0.15) is 0 Å². The van der Waals surface area contributed by atoms with Crippen molar-refractivity contribution in [2.75, 3.05) is 23.9 Å². The highest BCUT2D eigenvalue weighted by Crippen LogP contribution is 2.19. The summed E-state index contributed by atoms with van der Waals surface area (Å²) in [5.74, 6) is -0.878. The van der Waals surface area contributed by atoms with Gasteiger partial charge in [-0.15, -0.1) is 0 Å². The molecule has 0 aliphatic carbocycles. The van der Waals surface area contributed by atoms with Gasteiger partial charge in [0.05, 0.1) is 29.9 Å². The monoisotopic (exact) mass is 390 g/mol. The first-order chi connectivity index (χ1) is 12.9. The third-order valence-electron chi connectivity index (χ3n) is 4.03. The number of sulfone groups is 1. The summed E-state index contributed by atoms with van der Waals surface area (Å²) in [5.41, 5.74) is 0.825. The Morgan fingerprint density at radius 2 is 2.00 bits per heavy atom. The lowest BCUT2D eigenvalue weighted by atomic mass is 10.2. The first-order valence-corrected chi connectivity index (χ1v) is 9.99. The molecular formula is C17H18N4O5S. The molecule has 2 heterocycles. The molecule has 0 saturated carbocycles. The third-order valence-corrected chi connectivity index (χ3v) is 5.80. The number of amides is 1. The molecule has 0 radical (unpaired) electrons. The average molecular weight is 390 g/mol. The van der Waals surface area contributed by atoms with Crippen molar-refractivity contribution in [1.29, 1.82) is 0 Å². The number of hydrogen-bond acceptors (Lipinski definition) is 8. The zero-order chi connectivity index (χ0) is 19.4. The number of benzene rings is 1. The number of anilines is 2. The van der Waals surface area contributed by atoms with Gasteiger partial charge in [0.25, 0.3) is 5.91 Å². The van der Waals surface area contributed by atoms with Crippen LogP contribution in [0.4, 0.5) is 11.6 Å². The van der Waals surface area contributed by atoms with Gasteiger partial charge in [0, 0.05) is 12.2 Å².